The standard InChI is InChI=1S/C14H23N/c1-4-5-9-14(12-15(2)3)13-10-7-6-8-11-13/h6-8,10-11,14H,4-5,9,12H2,1-3H3. The molecule has 0 aliphatic carbocycles. The van der Waals surface area contributed by atoms with E-state index in [-0.39, 0.29) is 0 Å². The van der Waals surface area contributed by atoms with Crippen molar-refractivity contribution in [1.82, 2.24) is 4.90 Å². The summed E-state index contributed by atoms with van der Waals surface area (Å²) in [4.78, 5) is 2.29. The zero-order valence-corrected chi connectivity index (χ0v) is 10.2. The van der Waals surface area contributed by atoms with E-state index in [4.69, 9.17) is 0 Å². The summed E-state index contributed by atoms with van der Waals surface area (Å²) in [5.41, 5.74) is 1.49. The van der Waals surface area contributed by atoms with Gasteiger partial charge < -0.3 is 4.90 Å². The first kappa shape index (κ1) is 12.3. The van der Waals surface area contributed by atoms with E-state index < -0.39 is 0 Å². The summed E-state index contributed by atoms with van der Waals surface area (Å²) in [5.74, 6) is 0.696. The number of nitrogens with zero attached hydrogens (tertiary/aromatic N) is 1. The van der Waals surface area contributed by atoms with E-state index in [1.165, 1.54) is 24.8 Å². The minimum absolute atomic E-state index is 0.696. The van der Waals surface area contributed by atoms with E-state index >= 15 is 0 Å². The molecule has 84 valence electrons. The molecule has 0 aliphatic rings. The highest BCUT2D eigenvalue weighted by atomic mass is 15.1. The molecule has 1 rings (SSSR count). The minimum Gasteiger partial charge on any atom is -0.309 e. The van der Waals surface area contributed by atoms with Crippen molar-refractivity contribution in [3.63, 3.8) is 0 Å². The summed E-state index contributed by atoms with van der Waals surface area (Å²) in [5, 5.41) is 0. The Kier molecular flexibility index (Phi) is 5.41. The van der Waals surface area contributed by atoms with Gasteiger partial charge in [0.05, 0.1) is 0 Å². The molecule has 1 heteroatoms. The average molecular weight is 205 g/mol. The van der Waals surface area contributed by atoms with Crippen LogP contribution in [0.2, 0.25) is 0 Å². The Morgan fingerprint density at radius 2 is 1.80 bits per heavy atom. The van der Waals surface area contributed by atoms with Gasteiger partial charge in [0.2, 0.25) is 0 Å². The smallest absolute Gasteiger partial charge is 0.00442 e. The minimum atomic E-state index is 0.696. The zero-order chi connectivity index (χ0) is 11.1. The van der Waals surface area contributed by atoms with Crippen molar-refractivity contribution in [2.45, 2.75) is 32.1 Å². The first-order valence-electron chi connectivity index (χ1n) is 5.93. The number of likely N-dealkylation sites (N-methyl/N-ethyl adjacent to an activating group) is 1. The molecule has 1 nitrogen and oxygen atoms in total. The SMILES string of the molecule is CCCCC(CN(C)C)c1ccccc1. The van der Waals surface area contributed by atoms with Gasteiger partial charge in [0.15, 0.2) is 0 Å². The summed E-state index contributed by atoms with van der Waals surface area (Å²) >= 11 is 0. The second kappa shape index (κ2) is 6.62. The fourth-order valence-corrected chi connectivity index (χ4v) is 1.98. The van der Waals surface area contributed by atoms with Gasteiger partial charge in [0.25, 0.3) is 0 Å². The molecule has 0 spiro atoms. The highest BCUT2D eigenvalue weighted by Gasteiger charge is 2.11. The first-order valence-corrected chi connectivity index (χ1v) is 5.93. The average Bonchev–Trinajstić information content (AvgIpc) is 2.25. The molecule has 0 aliphatic heterocycles. The van der Waals surface area contributed by atoms with Crippen LogP contribution in [0.1, 0.15) is 37.7 Å². The lowest BCUT2D eigenvalue weighted by atomic mass is 9.93. The lowest BCUT2D eigenvalue weighted by Crippen LogP contribution is -2.20. The summed E-state index contributed by atoms with van der Waals surface area (Å²) in [7, 11) is 4.31. The Morgan fingerprint density at radius 1 is 1.13 bits per heavy atom. The van der Waals surface area contributed by atoms with E-state index in [0.29, 0.717) is 5.92 Å². The van der Waals surface area contributed by atoms with E-state index in [9.17, 15) is 0 Å². The second-order valence-electron chi connectivity index (χ2n) is 4.51. The number of hydrogen-bond acceptors (Lipinski definition) is 1. The number of hydrogen-bond donors (Lipinski definition) is 0. The predicted molar refractivity (Wildman–Crippen MR) is 67.3 cm³/mol. The molecule has 0 saturated heterocycles. The molecule has 1 atom stereocenters. The van der Waals surface area contributed by atoms with Crippen LogP contribution in [0.3, 0.4) is 0 Å². The lowest BCUT2D eigenvalue weighted by Gasteiger charge is -2.21. The third-order valence-corrected chi connectivity index (χ3v) is 2.76. The maximum Gasteiger partial charge on any atom is 0.00442 e. The number of benzene rings is 1. The normalized spacial score (nSPS) is 13.1. The Labute approximate surface area is 94.1 Å². The van der Waals surface area contributed by atoms with Crippen LogP contribution in [0.25, 0.3) is 0 Å². The third kappa shape index (κ3) is 4.48. The fourth-order valence-electron chi connectivity index (χ4n) is 1.98. The van der Waals surface area contributed by atoms with Crippen molar-refractivity contribution >= 4 is 0 Å². The van der Waals surface area contributed by atoms with Gasteiger partial charge in [-0.2, -0.15) is 0 Å². The summed E-state index contributed by atoms with van der Waals surface area (Å²) in [6, 6.07) is 10.9. The van der Waals surface area contributed by atoms with Crippen LogP contribution >= 0.6 is 0 Å². The Bertz CT molecular complexity index is 253. The van der Waals surface area contributed by atoms with E-state index in [1.54, 1.807) is 0 Å². The van der Waals surface area contributed by atoms with Crippen molar-refractivity contribution in [1.29, 1.82) is 0 Å². The fraction of sp³-hybridized carbons (Fsp3) is 0.571. The Morgan fingerprint density at radius 3 is 2.33 bits per heavy atom. The molecule has 0 radical (unpaired) electrons. The van der Waals surface area contributed by atoms with Gasteiger partial charge in [-0.15, -0.1) is 0 Å². The number of unbranched alkanes of at least 4 members (excludes halogenated alkanes) is 1. The van der Waals surface area contributed by atoms with Crippen LogP contribution in [0, 0.1) is 0 Å². The van der Waals surface area contributed by atoms with Gasteiger partial charge in [-0.05, 0) is 32.0 Å². The largest absolute Gasteiger partial charge is 0.309 e. The van der Waals surface area contributed by atoms with Crippen molar-refractivity contribution < 1.29 is 0 Å². The molecule has 0 fully saturated rings. The second-order valence-corrected chi connectivity index (χ2v) is 4.51. The zero-order valence-electron chi connectivity index (χ0n) is 10.2. The van der Waals surface area contributed by atoms with E-state index in [0.717, 1.165) is 6.54 Å². The molecule has 0 N–H and O–H groups in total. The molecule has 0 aromatic heterocycles. The van der Waals surface area contributed by atoms with Crippen LogP contribution in [-0.4, -0.2) is 25.5 Å². The van der Waals surface area contributed by atoms with Gasteiger partial charge in [-0.25, -0.2) is 0 Å². The van der Waals surface area contributed by atoms with Gasteiger partial charge in [-0.3, -0.25) is 0 Å². The maximum atomic E-state index is 2.29. The summed E-state index contributed by atoms with van der Waals surface area (Å²) in [6.07, 6.45) is 3.92. The molecule has 0 heterocycles. The molecule has 0 amide bonds. The number of rotatable bonds is 6. The molecule has 0 bridgehead atoms. The molecular weight excluding hydrogens is 182 g/mol. The molecule has 1 aromatic carbocycles. The Hall–Kier alpha value is -0.820. The predicted octanol–water partition coefficient (Wildman–Crippen LogP) is 3.52. The lowest BCUT2D eigenvalue weighted by molar-refractivity contribution is 0.359. The van der Waals surface area contributed by atoms with Gasteiger partial charge in [-0.1, -0.05) is 50.1 Å². The van der Waals surface area contributed by atoms with Crippen LogP contribution in [-0.2, 0) is 0 Å². The summed E-state index contributed by atoms with van der Waals surface area (Å²) in [6.45, 7) is 3.42. The monoisotopic (exact) mass is 205 g/mol. The third-order valence-electron chi connectivity index (χ3n) is 2.76. The van der Waals surface area contributed by atoms with Crippen LogP contribution in [0.5, 0.6) is 0 Å². The summed E-state index contributed by atoms with van der Waals surface area (Å²) < 4.78 is 0. The van der Waals surface area contributed by atoms with Crippen LogP contribution in [0.4, 0.5) is 0 Å². The van der Waals surface area contributed by atoms with Crippen molar-refractivity contribution in [2.24, 2.45) is 0 Å². The highest BCUT2D eigenvalue weighted by Crippen LogP contribution is 2.22. The highest BCUT2D eigenvalue weighted by molar-refractivity contribution is 5.19. The van der Waals surface area contributed by atoms with E-state index in [1.807, 2.05) is 0 Å². The van der Waals surface area contributed by atoms with Gasteiger partial charge >= 0.3 is 0 Å². The topological polar surface area (TPSA) is 3.24 Å². The van der Waals surface area contributed by atoms with Crippen LogP contribution < -0.4 is 0 Å². The first-order chi connectivity index (χ1) is 7.24. The van der Waals surface area contributed by atoms with Crippen molar-refractivity contribution in [3.8, 4) is 0 Å². The molecular formula is C14H23N. The van der Waals surface area contributed by atoms with Crippen molar-refractivity contribution in [2.75, 3.05) is 20.6 Å². The molecule has 1 aromatic rings. The van der Waals surface area contributed by atoms with Gasteiger partial charge in [0.1, 0.15) is 0 Å². The van der Waals surface area contributed by atoms with Crippen molar-refractivity contribution in [3.05, 3.63) is 35.9 Å². The molecule has 0 saturated carbocycles. The molecule has 1 unspecified atom stereocenters. The molecule has 15 heavy (non-hydrogen) atoms. The van der Waals surface area contributed by atoms with Crippen LogP contribution in [0.15, 0.2) is 30.3 Å². The Balaban J connectivity index is 2.63. The maximum absolute atomic E-state index is 2.29. The van der Waals surface area contributed by atoms with E-state index in [2.05, 4.69) is 56.3 Å². The quantitative estimate of drug-likeness (QED) is 0.687. The van der Waals surface area contributed by atoms with Gasteiger partial charge in [0, 0.05) is 6.54 Å².